The molecule has 7 nitrogen and oxygen atoms in total. The summed E-state index contributed by atoms with van der Waals surface area (Å²) in [6.45, 7) is 2.97. The number of amides is 3. The zero-order chi connectivity index (χ0) is 20.5. The third-order valence-electron chi connectivity index (χ3n) is 4.89. The van der Waals surface area contributed by atoms with Crippen LogP contribution in [0.2, 0.25) is 0 Å². The predicted molar refractivity (Wildman–Crippen MR) is 116 cm³/mol. The molecule has 2 heterocycles. The summed E-state index contributed by atoms with van der Waals surface area (Å²) in [5, 5.41) is 5.96. The first-order chi connectivity index (χ1) is 14.1. The molecule has 1 aromatic heterocycles. The maximum absolute atomic E-state index is 12.4. The molecule has 0 spiro atoms. The van der Waals surface area contributed by atoms with E-state index in [4.69, 9.17) is 5.73 Å². The van der Waals surface area contributed by atoms with Crippen molar-refractivity contribution >= 4 is 29.4 Å². The van der Waals surface area contributed by atoms with Crippen LogP contribution in [0.3, 0.4) is 0 Å². The summed E-state index contributed by atoms with van der Waals surface area (Å²) < 4.78 is 0. The van der Waals surface area contributed by atoms with E-state index >= 15 is 0 Å². The lowest BCUT2D eigenvalue weighted by atomic mass is 10.0. The first kappa shape index (κ1) is 21.1. The van der Waals surface area contributed by atoms with Gasteiger partial charge in [0.25, 0.3) is 0 Å². The molecule has 1 aliphatic heterocycles. The summed E-state index contributed by atoms with van der Waals surface area (Å²) in [6.07, 6.45) is 6.54. The third kappa shape index (κ3) is 7.07. The molecular formula is C21H27N5O2S. The van der Waals surface area contributed by atoms with Crippen LogP contribution in [0.4, 0.5) is 10.5 Å². The van der Waals surface area contributed by atoms with Crippen molar-refractivity contribution in [2.75, 3.05) is 30.7 Å². The van der Waals surface area contributed by atoms with Crippen LogP contribution in [-0.2, 0) is 11.2 Å². The monoisotopic (exact) mass is 413 g/mol. The largest absolute Gasteiger partial charge is 0.369 e. The molecule has 3 amide bonds. The fourth-order valence-corrected chi connectivity index (χ4v) is 4.07. The SMILES string of the molecule is NC(=O)CSc1ccccc1NC(=O)NC1CCN(CCc2ccncc2)CC1. The van der Waals surface area contributed by atoms with Gasteiger partial charge in [0.2, 0.25) is 5.91 Å². The molecule has 0 saturated carbocycles. The topological polar surface area (TPSA) is 100 Å². The number of primary amides is 1. The number of carbonyl (C=O) groups is 2. The maximum Gasteiger partial charge on any atom is 0.319 e. The lowest BCUT2D eigenvalue weighted by Crippen LogP contribution is -2.46. The number of pyridine rings is 1. The van der Waals surface area contributed by atoms with E-state index in [9.17, 15) is 9.59 Å². The van der Waals surface area contributed by atoms with E-state index in [2.05, 4.69) is 32.7 Å². The van der Waals surface area contributed by atoms with E-state index < -0.39 is 0 Å². The highest BCUT2D eigenvalue weighted by molar-refractivity contribution is 8.00. The average molecular weight is 414 g/mol. The molecule has 1 aliphatic rings. The smallest absolute Gasteiger partial charge is 0.319 e. The van der Waals surface area contributed by atoms with Crippen molar-refractivity contribution in [2.45, 2.75) is 30.2 Å². The van der Waals surface area contributed by atoms with Crippen LogP contribution in [0, 0.1) is 0 Å². The third-order valence-corrected chi connectivity index (χ3v) is 5.99. The second kappa shape index (κ2) is 10.8. The Morgan fingerprint density at radius 3 is 2.59 bits per heavy atom. The average Bonchev–Trinajstić information content (AvgIpc) is 2.73. The summed E-state index contributed by atoms with van der Waals surface area (Å²) in [4.78, 5) is 30.8. The van der Waals surface area contributed by atoms with E-state index in [1.165, 1.54) is 17.3 Å². The second-order valence-corrected chi connectivity index (χ2v) is 8.09. The summed E-state index contributed by atoms with van der Waals surface area (Å²) in [6, 6.07) is 11.5. The van der Waals surface area contributed by atoms with Gasteiger partial charge in [0.15, 0.2) is 0 Å². The number of nitrogens with two attached hydrogens (primary N) is 1. The van der Waals surface area contributed by atoms with Crippen molar-refractivity contribution in [2.24, 2.45) is 5.73 Å². The molecule has 4 N–H and O–H groups in total. The number of likely N-dealkylation sites (tertiary alicyclic amines) is 1. The summed E-state index contributed by atoms with van der Waals surface area (Å²) in [5.74, 6) is -0.205. The van der Waals surface area contributed by atoms with Gasteiger partial charge in [0.05, 0.1) is 11.4 Å². The van der Waals surface area contributed by atoms with Crippen LogP contribution in [0.25, 0.3) is 0 Å². The number of rotatable bonds is 8. The molecule has 1 aromatic carbocycles. The number of urea groups is 1. The molecule has 3 rings (SSSR count). The zero-order valence-electron chi connectivity index (χ0n) is 16.3. The number of piperidine rings is 1. The molecule has 2 aromatic rings. The van der Waals surface area contributed by atoms with Crippen molar-refractivity contribution in [3.63, 3.8) is 0 Å². The Kier molecular flexibility index (Phi) is 7.89. The lowest BCUT2D eigenvalue weighted by molar-refractivity contribution is -0.115. The van der Waals surface area contributed by atoms with Gasteiger partial charge in [0, 0.05) is 43.0 Å². The van der Waals surface area contributed by atoms with Crippen LogP contribution in [-0.4, -0.2) is 53.3 Å². The molecule has 8 heteroatoms. The van der Waals surface area contributed by atoms with Gasteiger partial charge < -0.3 is 21.3 Å². The standard InChI is InChI=1S/C21H27N5O2S/c22-20(27)15-29-19-4-2-1-3-18(19)25-21(28)24-17-8-13-26(14-9-17)12-7-16-5-10-23-11-6-16/h1-6,10-11,17H,7-9,12-15H2,(H2,22,27)(H2,24,25,28). The number of hydrogen-bond acceptors (Lipinski definition) is 5. The number of thioether (sulfide) groups is 1. The fourth-order valence-electron chi connectivity index (χ4n) is 3.33. The predicted octanol–water partition coefficient (Wildman–Crippen LogP) is 2.49. The molecule has 0 unspecified atom stereocenters. The van der Waals surface area contributed by atoms with E-state index in [1.54, 1.807) is 0 Å². The number of nitrogens with one attached hydrogen (secondary N) is 2. The molecule has 29 heavy (non-hydrogen) atoms. The van der Waals surface area contributed by atoms with Crippen molar-refractivity contribution in [3.8, 4) is 0 Å². The summed E-state index contributed by atoms with van der Waals surface area (Å²) in [5.41, 5.74) is 7.20. The van der Waals surface area contributed by atoms with Gasteiger partial charge in [-0.25, -0.2) is 4.79 Å². The Labute approximate surface area is 175 Å². The number of benzene rings is 1. The molecule has 154 valence electrons. The lowest BCUT2D eigenvalue weighted by Gasteiger charge is -2.32. The Morgan fingerprint density at radius 2 is 1.86 bits per heavy atom. The molecule has 0 aliphatic carbocycles. The minimum atomic E-state index is -0.384. The van der Waals surface area contributed by atoms with Gasteiger partial charge in [-0.1, -0.05) is 12.1 Å². The summed E-state index contributed by atoms with van der Waals surface area (Å²) in [7, 11) is 0. The zero-order valence-corrected chi connectivity index (χ0v) is 17.2. The highest BCUT2D eigenvalue weighted by Gasteiger charge is 2.20. The molecule has 0 radical (unpaired) electrons. The number of anilines is 1. The summed E-state index contributed by atoms with van der Waals surface area (Å²) >= 11 is 1.32. The van der Waals surface area contributed by atoms with Crippen molar-refractivity contribution in [1.29, 1.82) is 0 Å². The molecule has 1 saturated heterocycles. The van der Waals surface area contributed by atoms with Gasteiger partial charge >= 0.3 is 6.03 Å². The normalized spacial score (nSPS) is 15.0. The Hall–Kier alpha value is -2.58. The van der Waals surface area contributed by atoms with Crippen molar-refractivity contribution in [1.82, 2.24) is 15.2 Å². The van der Waals surface area contributed by atoms with Gasteiger partial charge in [-0.05, 0) is 49.1 Å². The minimum Gasteiger partial charge on any atom is -0.369 e. The van der Waals surface area contributed by atoms with E-state index in [1.807, 2.05) is 36.7 Å². The van der Waals surface area contributed by atoms with Crippen molar-refractivity contribution in [3.05, 3.63) is 54.4 Å². The Bertz CT molecular complexity index is 810. The highest BCUT2D eigenvalue weighted by atomic mass is 32.2. The maximum atomic E-state index is 12.4. The van der Waals surface area contributed by atoms with Crippen LogP contribution in [0.15, 0.2) is 53.7 Å². The van der Waals surface area contributed by atoms with Gasteiger partial charge in [-0.3, -0.25) is 9.78 Å². The van der Waals surface area contributed by atoms with Crippen LogP contribution >= 0.6 is 11.8 Å². The molecular weight excluding hydrogens is 386 g/mol. The van der Waals surface area contributed by atoms with Crippen LogP contribution in [0.5, 0.6) is 0 Å². The molecule has 1 fully saturated rings. The minimum absolute atomic E-state index is 0.164. The number of carbonyl (C=O) groups excluding carboxylic acids is 2. The van der Waals surface area contributed by atoms with E-state index in [0.717, 1.165) is 43.8 Å². The van der Waals surface area contributed by atoms with E-state index in [0.29, 0.717) is 5.69 Å². The Morgan fingerprint density at radius 1 is 1.14 bits per heavy atom. The number of aromatic nitrogens is 1. The molecule has 0 bridgehead atoms. The van der Waals surface area contributed by atoms with Crippen LogP contribution in [0.1, 0.15) is 18.4 Å². The first-order valence-corrected chi connectivity index (χ1v) is 10.8. The first-order valence-electron chi connectivity index (χ1n) is 9.79. The number of hydrogen-bond donors (Lipinski definition) is 3. The van der Waals surface area contributed by atoms with E-state index in [-0.39, 0.29) is 23.7 Å². The molecule has 0 atom stereocenters. The van der Waals surface area contributed by atoms with Crippen LogP contribution < -0.4 is 16.4 Å². The van der Waals surface area contributed by atoms with Gasteiger partial charge in [-0.2, -0.15) is 0 Å². The quantitative estimate of drug-likeness (QED) is 0.577. The van der Waals surface area contributed by atoms with Crippen molar-refractivity contribution < 1.29 is 9.59 Å². The highest BCUT2D eigenvalue weighted by Crippen LogP contribution is 2.26. The second-order valence-electron chi connectivity index (χ2n) is 7.07. The number of para-hydroxylation sites is 1. The number of nitrogens with zero attached hydrogens (tertiary/aromatic N) is 2. The fraction of sp³-hybridized carbons (Fsp3) is 0.381. The Balaban J connectivity index is 1.41. The van der Waals surface area contributed by atoms with Gasteiger partial charge in [0.1, 0.15) is 0 Å². The van der Waals surface area contributed by atoms with Gasteiger partial charge in [-0.15, -0.1) is 11.8 Å².